The van der Waals surface area contributed by atoms with Gasteiger partial charge in [-0.2, -0.15) is 0 Å². The highest BCUT2D eigenvalue weighted by Crippen LogP contribution is 2.02. The second kappa shape index (κ2) is 3.69. The molecule has 11 heavy (non-hydrogen) atoms. The largest absolute Gasteiger partial charge is 0.468 e. The van der Waals surface area contributed by atoms with Crippen LogP contribution in [0.3, 0.4) is 0 Å². The van der Waals surface area contributed by atoms with E-state index in [0.29, 0.717) is 12.6 Å². The van der Waals surface area contributed by atoms with Crippen molar-refractivity contribution in [3.63, 3.8) is 0 Å². The van der Waals surface area contributed by atoms with Gasteiger partial charge in [0.2, 0.25) is 0 Å². The maximum atomic E-state index is 10.6. The van der Waals surface area contributed by atoms with Gasteiger partial charge in [0.25, 0.3) is 0 Å². The van der Waals surface area contributed by atoms with Crippen LogP contribution in [-0.2, 0) is 9.53 Å². The number of hydrogen-bond donors (Lipinski definition) is 1. The Morgan fingerprint density at radius 1 is 1.73 bits per heavy atom. The molecule has 64 valence electrons. The Kier molecular flexibility index (Phi) is 2.84. The minimum absolute atomic E-state index is 0.195. The third kappa shape index (κ3) is 2.48. The van der Waals surface area contributed by atoms with Gasteiger partial charge < -0.3 is 15.0 Å². The summed E-state index contributed by atoms with van der Waals surface area (Å²) in [5, 5.41) is 3.08. The smallest absolute Gasteiger partial charge is 0.319 e. The van der Waals surface area contributed by atoms with Crippen LogP contribution in [0, 0.1) is 0 Å². The number of nitrogens with zero attached hydrogens (tertiary/aromatic N) is 1. The summed E-state index contributed by atoms with van der Waals surface area (Å²) in [5.41, 5.74) is 0. The van der Waals surface area contributed by atoms with E-state index < -0.39 is 0 Å². The first-order chi connectivity index (χ1) is 5.22. The van der Waals surface area contributed by atoms with E-state index in [-0.39, 0.29) is 5.97 Å². The van der Waals surface area contributed by atoms with Gasteiger partial charge in [-0.25, -0.2) is 0 Å². The first kappa shape index (κ1) is 8.49. The van der Waals surface area contributed by atoms with Crippen molar-refractivity contribution in [1.29, 1.82) is 0 Å². The number of esters is 1. The first-order valence-electron chi connectivity index (χ1n) is 3.71. The third-order valence-electron chi connectivity index (χ3n) is 1.83. The van der Waals surface area contributed by atoms with Gasteiger partial charge in [0.05, 0.1) is 13.7 Å². The summed E-state index contributed by atoms with van der Waals surface area (Å²) in [6.07, 6.45) is 0. The average molecular weight is 158 g/mol. The van der Waals surface area contributed by atoms with Crippen LogP contribution in [0.15, 0.2) is 0 Å². The predicted molar refractivity (Wildman–Crippen MR) is 41.3 cm³/mol. The van der Waals surface area contributed by atoms with Gasteiger partial charge in [0.1, 0.15) is 0 Å². The Hall–Kier alpha value is -0.610. The van der Waals surface area contributed by atoms with Gasteiger partial charge in [-0.05, 0) is 7.05 Å². The lowest BCUT2D eigenvalue weighted by Crippen LogP contribution is -2.56. The topological polar surface area (TPSA) is 41.6 Å². The normalized spacial score (nSPS) is 19.5. The van der Waals surface area contributed by atoms with Crippen LogP contribution in [0.2, 0.25) is 0 Å². The highest BCUT2D eigenvalue weighted by Gasteiger charge is 2.22. The maximum absolute atomic E-state index is 10.6. The second-order valence-electron chi connectivity index (χ2n) is 2.88. The molecule has 0 atom stereocenters. The summed E-state index contributed by atoms with van der Waals surface area (Å²) in [6, 6.07) is 0.471. The zero-order valence-electron chi connectivity index (χ0n) is 6.96. The fourth-order valence-corrected chi connectivity index (χ4v) is 1.13. The molecular weight excluding hydrogens is 144 g/mol. The van der Waals surface area contributed by atoms with Crippen LogP contribution in [-0.4, -0.2) is 50.7 Å². The van der Waals surface area contributed by atoms with E-state index in [4.69, 9.17) is 0 Å². The number of nitrogens with one attached hydrogen (secondary N) is 1. The van der Waals surface area contributed by atoms with Crippen molar-refractivity contribution in [1.82, 2.24) is 10.2 Å². The van der Waals surface area contributed by atoms with E-state index in [1.165, 1.54) is 7.11 Å². The standard InChI is InChI=1S/C7H14N2O2/c1-9-4-6(5-9)8-3-7(10)11-2/h6,8H,3-5H2,1-2H3. The van der Waals surface area contributed by atoms with Crippen LogP contribution < -0.4 is 5.32 Å². The van der Waals surface area contributed by atoms with Crippen LogP contribution in [0.4, 0.5) is 0 Å². The molecule has 1 aliphatic heterocycles. The molecule has 0 saturated carbocycles. The lowest BCUT2D eigenvalue weighted by atomic mass is 10.1. The highest BCUT2D eigenvalue weighted by atomic mass is 16.5. The lowest BCUT2D eigenvalue weighted by molar-refractivity contribution is -0.139. The number of carbonyl (C=O) groups excluding carboxylic acids is 1. The third-order valence-corrected chi connectivity index (χ3v) is 1.83. The molecule has 1 saturated heterocycles. The average Bonchev–Trinajstić information content (AvgIpc) is 1.95. The van der Waals surface area contributed by atoms with Gasteiger partial charge in [0, 0.05) is 19.1 Å². The number of ether oxygens (including phenoxy) is 1. The summed E-state index contributed by atoms with van der Waals surface area (Å²) < 4.78 is 4.48. The summed E-state index contributed by atoms with van der Waals surface area (Å²) in [4.78, 5) is 12.8. The summed E-state index contributed by atoms with van der Waals surface area (Å²) in [7, 11) is 3.45. The molecule has 1 N–H and O–H groups in total. The van der Waals surface area contributed by atoms with Crippen molar-refractivity contribution in [3.05, 3.63) is 0 Å². The Bertz CT molecular complexity index is 143. The minimum Gasteiger partial charge on any atom is -0.468 e. The zero-order valence-corrected chi connectivity index (χ0v) is 6.96. The molecule has 0 amide bonds. The first-order valence-corrected chi connectivity index (χ1v) is 3.71. The van der Waals surface area contributed by atoms with Crippen molar-refractivity contribution in [2.24, 2.45) is 0 Å². The number of likely N-dealkylation sites (tertiary alicyclic amines) is 1. The van der Waals surface area contributed by atoms with E-state index in [9.17, 15) is 4.79 Å². The molecule has 0 aromatic carbocycles. The van der Waals surface area contributed by atoms with Gasteiger partial charge in [0.15, 0.2) is 0 Å². The molecule has 1 heterocycles. The molecule has 0 unspecified atom stereocenters. The number of rotatable bonds is 3. The van der Waals surface area contributed by atoms with Gasteiger partial charge in [-0.15, -0.1) is 0 Å². The Balaban J connectivity index is 2.00. The lowest BCUT2D eigenvalue weighted by Gasteiger charge is -2.36. The molecule has 4 nitrogen and oxygen atoms in total. The van der Waals surface area contributed by atoms with Crippen molar-refractivity contribution in [2.45, 2.75) is 6.04 Å². The monoisotopic (exact) mass is 158 g/mol. The van der Waals surface area contributed by atoms with Crippen LogP contribution in [0.25, 0.3) is 0 Å². The molecule has 1 aliphatic rings. The van der Waals surface area contributed by atoms with Crippen molar-refractivity contribution >= 4 is 5.97 Å². The van der Waals surface area contributed by atoms with E-state index >= 15 is 0 Å². The summed E-state index contributed by atoms with van der Waals surface area (Å²) in [6.45, 7) is 2.38. The van der Waals surface area contributed by atoms with Gasteiger partial charge in [-0.1, -0.05) is 0 Å². The zero-order chi connectivity index (χ0) is 8.27. The molecule has 0 aromatic heterocycles. The molecule has 0 bridgehead atoms. The fraction of sp³-hybridized carbons (Fsp3) is 0.857. The van der Waals surface area contributed by atoms with Gasteiger partial charge >= 0.3 is 5.97 Å². The molecule has 0 radical (unpaired) electrons. The number of hydrogen-bond acceptors (Lipinski definition) is 4. The van der Waals surface area contributed by atoms with Crippen LogP contribution >= 0.6 is 0 Å². The quantitative estimate of drug-likeness (QED) is 0.538. The van der Waals surface area contributed by atoms with Crippen molar-refractivity contribution < 1.29 is 9.53 Å². The van der Waals surface area contributed by atoms with E-state index in [2.05, 4.69) is 22.0 Å². The Morgan fingerprint density at radius 2 is 2.36 bits per heavy atom. The maximum Gasteiger partial charge on any atom is 0.319 e. The molecule has 0 aromatic rings. The Morgan fingerprint density at radius 3 is 2.82 bits per heavy atom. The highest BCUT2D eigenvalue weighted by molar-refractivity contribution is 5.71. The SMILES string of the molecule is COC(=O)CNC1CN(C)C1. The van der Waals surface area contributed by atoms with Crippen LogP contribution in [0.1, 0.15) is 0 Å². The van der Waals surface area contributed by atoms with Crippen molar-refractivity contribution in [3.8, 4) is 0 Å². The van der Waals surface area contributed by atoms with Crippen LogP contribution in [0.5, 0.6) is 0 Å². The van der Waals surface area contributed by atoms with E-state index in [0.717, 1.165) is 13.1 Å². The summed E-state index contributed by atoms with van der Waals surface area (Å²) in [5.74, 6) is -0.195. The number of likely N-dealkylation sites (N-methyl/N-ethyl adjacent to an activating group) is 1. The fourth-order valence-electron chi connectivity index (χ4n) is 1.13. The molecule has 1 rings (SSSR count). The molecule has 0 spiro atoms. The molecule has 0 aliphatic carbocycles. The Labute approximate surface area is 66.5 Å². The predicted octanol–water partition coefficient (Wildman–Crippen LogP) is -0.937. The van der Waals surface area contributed by atoms with Crippen molar-refractivity contribution in [2.75, 3.05) is 33.8 Å². The second-order valence-corrected chi connectivity index (χ2v) is 2.88. The minimum atomic E-state index is -0.195. The van der Waals surface area contributed by atoms with E-state index in [1.54, 1.807) is 0 Å². The van der Waals surface area contributed by atoms with E-state index in [1.807, 2.05) is 0 Å². The number of carbonyl (C=O) groups is 1. The molecule has 4 heteroatoms. The summed E-state index contributed by atoms with van der Waals surface area (Å²) >= 11 is 0. The number of methoxy groups -OCH3 is 1. The molecule has 1 fully saturated rings. The van der Waals surface area contributed by atoms with Gasteiger partial charge in [-0.3, -0.25) is 4.79 Å². The molecular formula is C7H14N2O2.